The van der Waals surface area contributed by atoms with Gasteiger partial charge in [-0.05, 0) is 12.8 Å². The van der Waals surface area contributed by atoms with Crippen LogP contribution in [0.5, 0.6) is 0 Å². The molecule has 0 fully saturated rings. The number of unbranched alkanes of at least 4 members (excludes halogenated alkanes) is 5. The number of carbonyl (C=O) groups is 1. The van der Waals surface area contributed by atoms with Gasteiger partial charge in [-0.2, -0.15) is 5.06 Å². The Morgan fingerprint density at radius 2 is 1.69 bits per heavy atom. The maximum Gasteiger partial charge on any atom is 0.216 e. The minimum atomic E-state index is 0.0580. The summed E-state index contributed by atoms with van der Waals surface area (Å²) in [7, 11) is 0. The smallest absolute Gasteiger partial charge is 0.216 e. The van der Waals surface area contributed by atoms with Crippen LogP contribution in [0.25, 0.3) is 0 Å². The third kappa shape index (κ3) is 11.5. The van der Waals surface area contributed by atoms with Crippen LogP contribution < -0.4 is 5.32 Å². The molecule has 16 heavy (non-hydrogen) atoms. The highest BCUT2D eigenvalue weighted by Crippen LogP contribution is 2.05. The lowest BCUT2D eigenvalue weighted by atomic mass is 10.1. The van der Waals surface area contributed by atoms with E-state index < -0.39 is 0 Å². The molecule has 0 aromatic heterocycles. The molecule has 0 aliphatic rings. The predicted octanol–water partition coefficient (Wildman–Crippen LogP) is 2.17. The second kappa shape index (κ2) is 10.9. The van der Waals surface area contributed by atoms with Crippen LogP contribution in [0.2, 0.25) is 0 Å². The molecule has 0 atom stereocenters. The minimum absolute atomic E-state index is 0.0580. The van der Waals surface area contributed by atoms with Gasteiger partial charge < -0.3 is 10.5 Å². The van der Waals surface area contributed by atoms with Crippen molar-refractivity contribution in [1.82, 2.24) is 10.4 Å². The number of rotatable bonds is 10. The SMILES string of the molecule is CCN(O)CCCCCCCCNC(C)=O. The molecule has 96 valence electrons. The van der Waals surface area contributed by atoms with Gasteiger partial charge in [0.2, 0.25) is 5.91 Å². The summed E-state index contributed by atoms with van der Waals surface area (Å²) >= 11 is 0. The van der Waals surface area contributed by atoms with Crippen LogP contribution in [0.3, 0.4) is 0 Å². The molecule has 0 saturated heterocycles. The molecule has 0 aromatic carbocycles. The van der Waals surface area contributed by atoms with Crippen molar-refractivity contribution in [3.05, 3.63) is 0 Å². The van der Waals surface area contributed by atoms with E-state index in [9.17, 15) is 10.0 Å². The quantitative estimate of drug-likeness (QED) is 0.447. The van der Waals surface area contributed by atoms with E-state index in [1.807, 2.05) is 6.92 Å². The first-order chi connectivity index (χ1) is 7.66. The maximum atomic E-state index is 10.6. The summed E-state index contributed by atoms with van der Waals surface area (Å²) in [5.74, 6) is 0.0580. The van der Waals surface area contributed by atoms with Crippen molar-refractivity contribution >= 4 is 5.91 Å². The summed E-state index contributed by atoms with van der Waals surface area (Å²) in [5, 5.41) is 13.3. The van der Waals surface area contributed by atoms with Gasteiger partial charge in [0.1, 0.15) is 0 Å². The van der Waals surface area contributed by atoms with Crippen LogP contribution in [0.4, 0.5) is 0 Å². The van der Waals surface area contributed by atoms with E-state index in [-0.39, 0.29) is 5.91 Å². The number of hydroxylamine groups is 2. The van der Waals surface area contributed by atoms with E-state index in [1.165, 1.54) is 30.7 Å². The van der Waals surface area contributed by atoms with Gasteiger partial charge in [-0.1, -0.05) is 32.6 Å². The molecule has 0 aliphatic heterocycles. The normalized spacial score (nSPS) is 10.8. The highest BCUT2D eigenvalue weighted by atomic mass is 16.5. The van der Waals surface area contributed by atoms with Gasteiger partial charge in [0.05, 0.1) is 0 Å². The molecule has 4 nitrogen and oxygen atoms in total. The average Bonchev–Trinajstić information content (AvgIpc) is 2.26. The molecule has 1 amide bonds. The lowest BCUT2D eigenvalue weighted by Crippen LogP contribution is -2.20. The first-order valence-electron chi connectivity index (χ1n) is 6.35. The van der Waals surface area contributed by atoms with E-state index in [2.05, 4.69) is 5.32 Å². The van der Waals surface area contributed by atoms with Crippen molar-refractivity contribution in [2.45, 2.75) is 52.4 Å². The number of hydrogen-bond acceptors (Lipinski definition) is 3. The molecule has 4 heteroatoms. The number of nitrogens with one attached hydrogen (secondary N) is 1. The highest BCUT2D eigenvalue weighted by Gasteiger charge is 1.96. The fraction of sp³-hybridized carbons (Fsp3) is 0.917. The van der Waals surface area contributed by atoms with E-state index in [4.69, 9.17) is 0 Å². The molecular formula is C12H26N2O2. The zero-order valence-electron chi connectivity index (χ0n) is 10.7. The molecule has 0 unspecified atom stereocenters. The van der Waals surface area contributed by atoms with Crippen molar-refractivity contribution in [2.24, 2.45) is 0 Å². The fourth-order valence-corrected chi connectivity index (χ4v) is 1.55. The van der Waals surface area contributed by atoms with E-state index in [1.54, 1.807) is 6.92 Å². The third-order valence-corrected chi connectivity index (χ3v) is 2.58. The summed E-state index contributed by atoms with van der Waals surface area (Å²) in [6.07, 6.45) is 6.93. The Morgan fingerprint density at radius 3 is 2.25 bits per heavy atom. The fourth-order valence-electron chi connectivity index (χ4n) is 1.55. The van der Waals surface area contributed by atoms with Gasteiger partial charge in [-0.15, -0.1) is 0 Å². The zero-order valence-corrected chi connectivity index (χ0v) is 10.7. The second-order valence-electron chi connectivity index (χ2n) is 4.15. The first-order valence-corrected chi connectivity index (χ1v) is 6.35. The van der Waals surface area contributed by atoms with Gasteiger partial charge in [-0.3, -0.25) is 4.79 Å². The third-order valence-electron chi connectivity index (χ3n) is 2.58. The topological polar surface area (TPSA) is 52.6 Å². The number of amides is 1. The Hall–Kier alpha value is -0.610. The molecule has 0 radical (unpaired) electrons. The summed E-state index contributed by atoms with van der Waals surface area (Å²) in [4.78, 5) is 10.6. The summed E-state index contributed by atoms with van der Waals surface area (Å²) in [5.41, 5.74) is 0. The molecule has 0 rings (SSSR count). The Balaban J connectivity index is 3.01. The van der Waals surface area contributed by atoms with Crippen LogP contribution in [0, 0.1) is 0 Å². The lowest BCUT2D eigenvalue weighted by Gasteiger charge is -2.10. The van der Waals surface area contributed by atoms with Crippen LogP contribution >= 0.6 is 0 Å². The predicted molar refractivity (Wildman–Crippen MR) is 65.4 cm³/mol. The molecule has 0 spiro atoms. The van der Waals surface area contributed by atoms with Gasteiger partial charge in [0, 0.05) is 26.6 Å². The summed E-state index contributed by atoms with van der Waals surface area (Å²) in [6, 6.07) is 0. The van der Waals surface area contributed by atoms with Gasteiger partial charge >= 0.3 is 0 Å². The molecule has 0 heterocycles. The summed E-state index contributed by atoms with van der Waals surface area (Å²) in [6.45, 7) is 5.78. The van der Waals surface area contributed by atoms with Crippen LogP contribution in [0.1, 0.15) is 52.4 Å². The number of carbonyl (C=O) groups excluding carboxylic acids is 1. The van der Waals surface area contributed by atoms with Crippen molar-refractivity contribution in [3.8, 4) is 0 Å². The Bertz CT molecular complexity index is 174. The molecule has 0 aromatic rings. The summed E-state index contributed by atoms with van der Waals surface area (Å²) < 4.78 is 0. The molecule has 0 bridgehead atoms. The second-order valence-corrected chi connectivity index (χ2v) is 4.15. The van der Waals surface area contributed by atoms with E-state index >= 15 is 0 Å². The maximum absolute atomic E-state index is 10.6. The van der Waals surface area contributed by atoms with Crippen molar-refractivity contribution in [1.29, 1.82) is 0 Å². The Kier molecular flexibility index (Phi) is 10.5. The lowest BCUT2D eigenvalue weighted by molar-refractivity contribution is -0.118. The zero-order chi connectivity index (χ0) is 12.2. The van der Waals surface area contributed by atoms with Crippen molar-refractivity contribution < 1.29 is 10.0 Å². The van der Waals surface area contributed by atoms with Crippen molar-refractivity contribution in [3.63, 3.8) is 0 Å². The molecule has 0 saturated carbocycles. The number of nitrogens with zero attached hydrogens (tertiary/aromatic N) is 1. The Morgan fingerprint density at radius 1 is 1.12 bits per heavy atom. The van der Waals surface area contributed by atoms with Crippen LogP contribution in [-0.4, -0.2) is 35.8 Å². The van der Waals surface area contributed by atoms with Crippen LogP contribution in [-0.2, 0) is 4.79 Å². The highest BCUT2D eigenvalue weighted by molar-refractivity contribution is 5.72. The van der Waals surface area contributed by atoms with Crippen LogP contribution in [0.15, 0.2) is 0 Å². The largest absolute Gasteiger partial charge is 0.356 e. The molecule has 2 N–H and O–H groups in total. The monoisotopic (exact) mass is 230 g/mol. The van der Waals surface area contributed by atoms with Crippen molar-refractivity contribution in [2.75, 3.05) is 19.6 Å². The minimum Gasteiger partial charge on any atom is -0.356 e. The first kappa shape index (κ1) is 15.4. The van der Waals surface area contributed by atoms with Gasteiger partial charge in [-0.25, -0.2) is 0 Å². The van der Waals surface area contributed by atoms with Gasteiger partial charge in [0.25, 0.3) is 0 Å². The molecular weight excluding hydrogens is 204 g/mol. The standard InChI is InChI=1S/C12H26N2O2/c1-3-14(16)11-9-7-5-4-6-8-10-13-12(2)15/h16H,3-11H2,1-2H3,(H,13,15). The van der Waals surface area contributed by atoms with E-state index in [0.717, 1.165) is 25.9 Å². The molecule has 0 aliphatic carbocycles. The number of hydrogen-bond donors (Lipinski definition) is 2. The Labute approximate surface area is 99.0 Å². The van der Waals surface area contributed by atoms with Gasteiger partial charge in [0.15, 0.2) is 0 Å². The van der Waals surface area contributed by atoms with E-state index in [0.29, 0.717) is 6.54 Å². The average molecular weight is 230 g/mol.